The molecule has 0 atom stereocenters. The second-order valence-electron chi connectivity index (χ2n) is 11.8. The molecule has 0 amide bonds. The van der Waals surface area contributed by atoms with Crippen LogP contribution >= 0.6 is 0 Å². The average Bonchev–Trinajstić information content (AvgIpc) is 3.14. The molecular weight excluding hydrogens is 632 g/mol. The summed E-state index contributed by atoms with van der Waals surface area (Å²) in [5.41, 5.74) is 0.883. The van der Waals surface area contributed by atoms with Gasteiger partial charge in [0.05, 0.1) is 0 Å². The molecule has 0 unspecified atom stereocenters. The van der Waals surface area contributed by atoms with E-state index in [9.17, 15) is 19.2 Å². The second kappa shape index (κ2) is 12.3. The van der Waals surface area contributed by atoms with Crippen molar-refractivity contribution in [2.24, 2.45) is 0 Å². The number of hydrogen-bond donors (Lipinski definition) is 0. The van der Waals surface area contributed by atoms with E-state index in [1.54, 1.807) is 60.7 Å². The smallest absolute Gasteiger partial charge is 0.395 e. The van der Waals surface area contributed by atoms with Crippen LogP contribution in [0.1, 0.15) is 12.5 Å². The van der Waals surface area contributed by atoms with Crippen LogP contribution in [0, 0.1) is 0 Å². The van der Waals surface area contributed by atoms with Crippen LogP contribution in [0.5, 0.6) is 11.5 Å². The molecule has 0 aliphatic heterocycles. The number of carbonyl (C=O) groups excluding carboxylic acids is 4. The van der Waals surface area contributed by atoms with Gasteiger partial charge in [0.2, 0.25) is 11.6 Å². The quantitative estimate of drug-likeness (QED) is 0.180. The van der Waals surface area contributed by atoms with Crippen LogP contribution in [-0.4, -0.2) is 23.9 Å². The molecular formula is C42H26O8. The highest BCUT2D eigenvalue weighted by Gasteiger charge is 2.38. The first-order chi connectivity index (χ1) is 24.4. The summed E-state index contributed by atoms with van der Waals surface area (Å²) in [5, 5.41) is 4.78. The van der Waals surface area contributed by atoms with Crippen molar-refractivity contribution in [3.05, 3.63) is 154 Å². The first-order valence-corrected chi connectivity index (χ1v) is 16.0. The normalized spacial score (nSPS) is 13.5. The minimum Gasteiger partial charge on any atom is -0.395 e. The predicted molar refractivity (Wildman–Crippen MR) is 187 cm³/mol. The number of fused-ring (bicyclic) bond motifs is 5. The van der Waals surface area contributed by atoms with Crippen LogP contribution in [0.2, 0.25) is 0 Å². The molecule has 0 bridgehead atoms. The van der Waals surface area contributed by atoms with Crippen molar-refractivity contribution in [1.82, 2.24) is 0 Å². The summed E-state index contributed by atoms with van der Waals surface area (Å²) in [6.45, 7) is 1.94. The molecule has 242 valence electrons. The van der Waals surface area contributed by atoms with Crippen LogP contribution in [0.25, 0.3) is 44.2 Å². The van der Waals surface area contributed by atoms with Crippen LogP contribution in [0.4, 0.5) is 9.59 Å². The van der Waals surface area contributed by atoms with Gasteiger partial charge in [0.25, 0.3) is 0 Å². The van der Waals surface area contributed by atoms with Crippen LogP contribution in [0.15, 0.2) is 127 Å². The monoisotopic (exact) mass is 658 g/mol. The van der Waals surface area contributed by atoms with Gasteiger partial charge in [-0.2, -0.15) is 0 Å². The lowest BCUT2D eigenvalue weighted by Gasteiger charge is -2.22. The van der Waals surface area contributed by atoms with E-state index >= 15 is 0 Å². The summed E-state index contributed by atoms with van der Waals surface area (Å²) in [6.07, 6.45) is -1.61. The lowest BCUT2D eigenvalue weighted by Crippen LogP contribution is -2.48. The highest BCUT2D eigenvalue weighted by Crippen LogP contribution is 2.28. The predicted octanol–water partition coefficient (Wildman–Crippen LogP) is 5.37. The zero-order chi connectivity index (χ0) is 34.4. The van der Waals surface area contributed by atoms with Crippen LogP contribution in [0.3, 0.4) is 0 Å². The molecule has 0 spiro atoms. The molecule has 6 aromatic rings. The molecule has 0 saturated carbocycles. The maximum atomic E-state index is 14.3. The fourth-order valence-corrected chi connectivity index (χ4v) is 6.39. The van der Waals surface area contributed by atoms with E-state index in [2.05, 4.69) is 0 Å². The molecule has 50 heavy (non-hydrogen) atoms. The molecule has 0 radical (unpaired) electrons. The molecule has 0 heterocycles. The van der Waals surface area contributed by atoms with Gasteiger partial charge in [0.1, 0.15) is 11.5 Å². The fourth-order valence-electron chi connectivity index (χ4n) is 6.39. The zero-order valence-corrected chi connectivity index (χ0v) is 26.6. The Hall–Kier alpha value is -6.80. The topological polar surface area (TPSA) is 105 Å². The minimum atomic E-state index is -1.11. The lowest BCUT2D eigenvalue weighted by molar-refractivity contribution is -0.112. The van der Waals surface area contributed by atoms with Crippen molar-refractivity contribution >= 4 is 68.1 Å². The summed E-state index contributed by atoms with van der Waals surface area (Å²) < 4.78 is 22.3. The molecule has 0 fully saturated rings. The molecule has 8 nitrogen and oxygen atoms in total. The Labute approximate surface area is 284 Å². The third-order valence-corrected chi connectivity index (χ3v) is 8.78. The minimum absolute atomic E-state index is 0.0195. The maximum Gasteiger partial charge on any atom is 0.519 e. The zero-order valence-electron chi connectivity index (χ0n) is 26.6. The number of rotatable bonds is 5. The summed E-state index contributed by atoms with van der Waals surface area (Å²) in [5.74, 6) is -1.46. The number of benzene rings is 6. The van der Waals surface area contributed by atoms with Gasteiger partial charge in [-0.05, 0) is 74.3 Å². The van der Waals surface area contributed by atoms with Crippen LogP contribution in [-0.2, 0) is 25.5 Å². The fraction of sp³-hybridized carbons (Fsp3) is 0.0476. The van der Waals surface area contributed by atoms with Gasteiger partial charge in [0, 0.05) is 21.6 Å². The van der Waals surface area contributed by atoms with E-state index in [4.69, 9.17) is 18.9 Å². The molecule has 0 N–H and O–H groups in total. The highest BCUT2D eigenvalue weighted by molar-refractivity contribution is 6.58. The van der Waals surface area contributed by atoms with E-state index in [-0.39, 0.29) is 44.6 Å². The van der Waals surface area contributed by atoms with Crippen molar-refractivity contribution in [3.8, 4) is 11.5 Å². The lowest BCUT2D eigenvalue weighted by atomic mass is 9.83. The van der Waals surface area contributed by atoms with Gasteiger partial charge >= 0.3 is 12.3 Å². The van der Waals surface area contributed by atoms with Crippen molar-refractivity contribution < 1.29 is 38.1 Å². The number of ketones is 2. The van der Waals surface area contributed by atoms with Gasteiger partial charge in [0.15, 0.2) is 11.5 Å². The summed E-state index contributed by atoms with van der Waals surface area (Å²) >= 11 is 0. The Kier molecular flexibility index (Phi) is 7.53. The number of ether oxygens (including phenoxy) is 4. The molecule has 0 saturated heterocycles. The Morgan fingerprint density at radius 3 is 1.46 bits per heavy atom. The number of aryl methyl sites for hydroxylation is 1. The second-order valence-corrected chi connectivity index (χ2v) is 11.8. The van der Waals surface area contributed by atoms with E-state index in [0.29, 0.717) is 16.9 Å². The SMILES string of the molecule is CCc1ccc2c(c1)=C(OC(=O)Oc1ccc3ccccc3c1)C(=O)C1=c3ccccc3=C(OC(=O)Oc3ccc4ccccc4c3)C(=O)C=21. The third-order valence-electron chi connectivity index (χ3n) is 8.78. The first kappa shape index (κ1) is 30.5. The Morgan fingerprint density at radius 1 is 0.460 bits per heavy atom. The van der Waals surface area contributed by atoms with E-state index in [1.165, 1.54) is 0 Å². The number of Topliss-reactive ketones (excluding diaryl/α,β-unsaturated/α-hetero) is 2. The van der Waals surface area contributed by atoms with Gasteiger partial charge < -0.3 is 18.9 Å². The van der Waals surface area contributed by atoms with Crippen molar-refractivity contribution in [1.29, 1.82) is 0 Å². The highest BCUT2D eigenvalue weighted by atomic mass is 16.7. The first-order valence-electron chi connectivity index (χ1n) is 16.0. The molecule has 8 rings (SSSR count). The summed E-state index contributed by atoms with van der Waals surface area (Å²) in [4.78, 5) is 55.0. The van der Waals surface area contributed by atoms with E-state index in [0.717, 1.165) is 27.1 Å². The van der Waals surface area contributed by atoms with Crippen LogP contribution < -0.4 is 30.3 Å². The van der Waals surface area contributed by atoms with E-state index < -0.39 is 23.9 Å². The molecule has 2 aliphatic carbocycles. The number of carbonyl (C=O) groups is 4. The Morgan fingerprint density at radius 2 is 0.920 bits per heavy atom. The van der Waals surface area contributed by atoms with Crippen molar-refractivity contribution in [2.45, 2.75) is 13.3 Å². The summed E-state index contributed by atoms with van der Waals surface area (Å²) in [6, 6.07) is 37.3. The van der Waals surface area contributed by atoms with Crippen molar-refractivity contribution in [2.75, 3.05) is 0 Å². The third kappa shape index (κ3) is 5.38. The molecule has 0 aromatic heterocycles. The Bertz CT molecular complexity index is 2720. The van der Waals surface area contributed by atoms with Gasteiger partial charge in [-0.3, -0.25) is 9.59 Å². The van der Waals surface area contributed by atoms with Gasteiger partial charge in [-0.25, -0.2) is 9.59 Å². The number of hydrogen-bond acceptors (Lipinski definition) is 8. The Balaban J connectivity index is 1.20. The van der Waals surface area contributed by atoms with Crippen molar-refractivity contribution in [3.63, 3.8) is 0 Å². The van der Waals surface area contributed by atoms with Gasteiger partial charge in [-0.15, -0.1) is 0 Å². The summed E-state index contributed by atoms with van der Waals surface area (Å²) in [7, 11) is 0. The maximum absolute atomic E-state index is 14.3. The largest absolute Gasteiger partial charge is 0.519 e. The standard InChI is InChI=1S/C42H26O8/c1-2-24-15-20-32-34(21-24)40(50-42(46)48-30-19-17-26-10-4-6-12-28(26)23-30)38(44)35-31-13-7-8-14-33(31)39(37(43)36(32)35)49-41(45)47-29-18-16-25-9-3-5-11-27(25)22-29/h3-23H,2H2,1H3. The van der Waals surface area contributed by atoms with E-state index in [1.807, 2.05) is 73.7 Å². The molecule has 6 aromatic carbocycles. The molecule has 2 aliphatic rings. The van der Waals surface area contributed by atoms with Gasteiger partial charge in [-0.1, -0.05) is 104 Å². The average molecular weight is 659 g/mol. The molecule has 8 heteroatoms.